The van der Waals surface area contributed by atoms with E-state index in [2.05, 4.69) is 227 Å². The third-order valence-electron chi connectivity index (χ3n) is 14.5. The smallest absolute Gasteiger partial charge is 0.0737 e. The van der Waals surface area contributed by atoms with Gasteiger partial charge in [0, 0.05) is 0 Å². The Balaban J connectivity index is 1.14. The molecular formula is C65H48. The summed E-state index contributed by atoms with van der Waals surface area (Å²) in [6.45, 7) is 12.7. The van der Waals surface area contributed by atoms with Crippen molar-refractivity contribution < 1.29 is 0 Å². The highest BCUT2D eigenvalue weighted by atomic mass is 14.5. The summed E-state index contributed by atoms with van der Waals surface area (Å²) in [7, 11) is 0. The fraction of sp³-hybridized carbons (Fsp3) is 0.0769. The molecule has 0 bridgehead atoms. The Labute approximate surface area is 382 Å². The van der Waals surface area contributed by atoms with Gasteiger partial charge in [-0.05, 0) is 165 Å². The zero-order valence-electron chi connectivity index (χ0n) is 37.0. The van der Waals surface area contributed by atoms with E-state index in [0.717, 1.165) is 18.4 Å². The largest absolute Gasteiger partial charge is 0.0990 e. The molecule has 3 aliphatic carbocycles. The van der Waals surface area contributed by atoms with Gasteiger partial charge in [-0.1, -0.05) is 213 Å². The van der Waals surface area contributed by atoms with Crippen molar-refractivity contribution in [3.63, 3.8) is 0 Å². The second-order valence-corrected chi connectivity index (χ2v) is 17.7. The highest BCUT2D eigenvalue weighted by molar-refractivity contribution is 6.22. The molecule has 0 N–H and O–H groups in total. The molecule has 0 radical (unpaired) electrons. The minimum atomic E-state index is -0.511. The van der Waals surface area contributed by atoms with E-state index in [0.29, 0.717) is 0 Å². The van der Waals surface area contributed by atoms with Crippen LogP contribution in [-0.2, 0) is 11.8 Å². The molecule has 0 saturated heterocycles. The predicted molar refractivity (Wildman–Crippen MR) is 281 cm³/mol. The van der Waals surface area contributed by atoms with E-state index in [9.17, 15) is 0 Å². The second kappa shape index (κ2) is 15.2. The fourth-order valence-corrected chi connectivity index (χ4v) is 12.1. The van der Waals surface area contributed by atoms with E-state index in [4.69, 9.17) is 0 Å². The van der Waals surface area contributed by atoms with Crippen LogP contribution in [0.2, 0.25) is 0 Å². The highest BCUT2D eigenvalue weighted by Crippen LogP contribution is 2.66. The van der Waals surface area contributed by atoms with Crippen LogP contribution in [0.4, 0.5) is 0 Å². The molecule has 0 heterocycles. The van der Waals surface area contributed by atoms with E-state index in [1.54, 1.807) is 0 Å². The molecule has 65 heavy (non-hydrogen) atoms. The summed E-state index contributed by atoms with van der Waals surface area (Å²) in [6, 6.07) is 57.5. The number of hydrogen-bond donors (Lipinski definition) is 0. The monoisotopic (exact) mass is 828 g/mol. The van der Waals surface area contributed by atoms with Crippen LogP contribution in [0.5, 0.6) is 0 Å². The molecule has 9 aromatic rings. The topological polar surface area (TPSA) is 0 Å². The molecule has 1 spiro atoms. The van der Waals surface area contributed by atoms with E-state index >= 15 is 0 Å². The maximum atomic E-state index is 4.52. The summed E-state index contributed by atoms with van der Waals surface area (Å²) in [5.74, 6) is 0. The lowest BCUT2D eigenvalue weighted by Crippen LogP contribution is -2.28. The first-order valence-electron chi connectivity index (χ1n) is 23.0. The van der Waals surface area contributed by atoms with Crippen LogP contribution in [0.3, 0.4) is 0 Å². The van der Waals surface area contributed by atoms with Crippen molar-refractivity contribution in [2.75, 3.05) is 0 Å². The minimum absolute atomic E-state index is 0.511. The van der Waals surface area contributed by atoms with Crippen LogP contribution in [0.25, 0.3) is 101 Å². The van der Waals surface area contributed by atoms with Gasteiger partial charge >= 0.3 is 0 Å². The summed E-state index contributed by atoms with van der Waals surface area (Å²) in [5, 5.41) is 7.53. The van der Waals surface area contributed by atoms with E-state index in [1.807, 2.05) is 6.08 Å². The molecule has 9 aromatic carbocycles. The number of rotatable bonds is 7. The minimum Gasteiger partial charge on any atom is -0.0990 e. The van der Waals surface area contributed by atoms with Crippen LogP contribution in [-0.4, -0.2) is 0 Å². The summed E-state index contributed by atoms with van der Waals surface area (Å²) >= 11 is 0. The fourth-order valence-electron chi connectivity index (χ4n) is 12.1. The third kappa shape index (κ3) is 5.44. The maximum Gasteiger partial charge on any atom is 0.0737 e. The van der Waals surface area contributed by atoms with Gasteiger partial charge in [0.2, 0.25) is 0 Å². The second-order valence-electron chi connectivity index (χ2n) is 17.7. The van der Waals surface area contributed by atoms with Crippen molar-refractivity contribution in [1.82, 2.24) is 0 Å². The van der Waals surface area contributed by atoms with Crippen LogP contribution < -0.4 is 0 Å². The molecule has 0 fully saturated rings. The van der Waals surface area contributed by atoms with Crippen molar-refractivity contribution in [1.29, 1.82) is 0 Å². The van der Waals surface area contributed by atoms with E-state index in [1.165, 1.54) is 127 Å². The van der Waals surface area contributed by atoms with Crippen LogP contribution in [0, 0.1) is 0 Å². The van der Waals surface area contributed by atoms with Gasteiger partial charge in [-0.15, -0.1) is 0 Å². The zero-order valence-corrected chi connectivity index (χ0v) is 37.0. The third-order valence-corrected chi connectivity index (χ3v) is 14.5. The normalized spacial score (nSPS) is 14.3. The molecule has 0 aromatic heterocycles. The first-order chi connectivity index (χ1) is 32.1. The quantitative estimate of drug-likeness (QED) is 0.111. The van der Waals surface area contributed by atoms with Crippen molar-refractivity contribution >= 4 is 56.1 Å². The Bertz CT molecular complexity index is 3530. The Morgan fingerprint density at radius 1 is 0.554 bits per heavy atom. The zero-order chi connectivity index (χ0) is 43.8. The molecule has 0 saturated carbocycles. The first-order valence-corrected chi connectivity index (χ1v) is 23.0. The van der Waals surface area contributed by atoms with Gasteiger partial charge in [-0.3, -0.25) is 0 Å². The van der Waals surface area contributed by atoms with Crippen LogP contribution >= 0.6 is 0 Å². The van der Waals surface area contributed by atoms with Crippen LogP contribution in [0.15, 0.2) is 201 Å². The SMILES string of the molecule is C=C/C=C(\C=C/C)c1ccc(-c2c3ccccc3c(-c3ccc4c5c(ccc4c3)-c3c(C=C)c(/C=C\C)c4c(c3C53c5ccccc5-c5ccccc53)C=CCC4)c3ccccc23)cc1. The van der Waals surface area contributed by atoms with Crippen molar-refractivity contribution in [2.45, 2.75) is 32.1 Å². The average molecular weight is 829 g/mol. The summed E-state index contributed by atoms with van der Waals surface area (Å²) in [6.07, 6.45) is 21.7. The summed E-state index contributed by atoms with van der Waals surface area (Å²) in [4.78, 5) is 0. The molecule has 12 rings (SSSR count). The van der Waals surface area contributed by atoms with Crippen molar-refractivity contribution in [2.24, 2.45) is 0 Å². The molecule has 0 atom stereocenters. The van der Waals surface area contributed by atoms with Gasteiger partial charge in [0.1, 0.15) is 0 Å². The predicted octanol–water partition coefficient (Wildman–Crippen LogP) is 17.6. The maximum absolute atomic E-state index is 4.52. The van der Waals surface area contributed by atoms with Gasteiger partial charge in [0.05, 0.1) is 5.41 Å². The number of hydrogen-bond acceptors (Lipinski definition) is 0. The van der Waals surface area contributed by atoms with E-state index < -0.39 is 5.41 Å². The molecule has 0 amide bonds. The molecule has 0 unspecified atom stereocenters. The van der Waals surface area contributed by atoms with Crippen molar-refractivity contribution in [3.8, 4) is 44.5 Å². The number of benzene rings is 9. The standard InChI is InChI=1S/C65H48/c1-5-19-41(20-6-2)42-32-34-43(35-33-42)60-52-25-10-12-27-54(52)61(55-28-13-11-26-53(55)60)45-37-38-47-44(40-45)36-39-57-62-46(8-4)48(21-7-3)49-22-9-14-29-56(49)64(62)65(63(47)57)58-30-17-15-23-50(58)51-24-16-18-31-59(51)65/h5-8,10-21,23-40H,1,4,9,22H2,2-3H3/b20-6-,21-7-,41-19+. The highest BCUT2D eigenvalue weighted by Gasteiger charge is 2.54. The Hall–Kier alpha value is -7.80. The van der Waals surface area contributed by atoms with Gasteiger partial charge in [-0.25, -0.2) is 0 Å². The summed E-state index contributed by atoms with van der Waals surface area (Å²) in [5.41, 5.74) is 22.9. The number of fused-ring (bicyclic) bond motifs is 16. The summed E-state index contributed by atoms with van der Waals surface area (Å²) < 4.78 is 0. The molecule has 0 aliphatic heterocycles. The van der Waals surface area contributed by atoms with E-state index in [-0.39, 0.29) is 0 Å². The lowest BCUT2D eigenvalue weighted by molar-refractivity contribution is 0.793. The average Bonchev–Trinajstić information content (AvgIpc) is 3.83. The first kappa shape index (κ1) is 38.8. The van der Waals surface area contributed by atoms with Gasteiger partial charge in [0.25, 0.3) is 0 Å². The van der Waals surface area contributed by atoms with Crippen molar-refractivity contribution in [3.05, 3.63) is 251 Å². The Morgan fingerprint density at radius 2 is 1.17 bits per heavy atom. The lowest BCUT2D eigenvalue weighted by atomic mass is 9.66. The lowest BCUT2D eigenvalue weighted by Gasteiger charge is -2.34. The number of allylic oxidation sites excluding steroid dienone is 7. The van der Waals surface area contributed by atoms with Gasteiger partial charge in [0.15, 0.2) is 0 Å². The molecule has 3 aliphatic rings. The molecule has 0 nitrogen and oxygen atoms in total. The Kier molecular flexibility index (Phi) is 9.07. The Morgan fingerprint density at radius 3 is 1.78 bits per heavy atom. The molecule has 0 heteroatoms. The van der Waals surface area contributed by atoms with Gasteiger partial charge < -0.3 is 0 Å². The molecular weight excluding hydrogens is 781 g/mol. The molecule has 308 valence electrons. The van der Waals surface area contributed by atoms with Crippen LogP contribution in [0.1, 0.15) is 70.3 Å². The van der Waals surface area contributed by atoms with Gasteiger partial charge in [-0.2, -0.15) is 0 Å².